The van der Waals surface area contributed by atoms with Crippen LogP contribution in [0.1, 0.15) is 11.1 Å². The van der Waals surface area contributed by atoms with Crippen molar-refractivity contribution in [3.8, 4) is 0 Å². The first-order chi connectivity index (χ1) is 31.1. The van der Waals surface area contributed by atoms with Crippen LogP contribution in [0.4, 0.5) is 58.4 Å². The van der Waals surface area contributed by atoms with E-state index in [4.69, 9.17) is 0 Å². The normalized spacial score (nSPS) is 11.4. The molecule has 0 radical (unpaired) electrons. The molecular formula is C40H42N12O10S2-2. The van der Waals surface area contributed by atoms with Gasteiger partial charge in [-0.05, 0) is 59.7 Å². The minimum atomic E-state index is -5.07. The van der Waals surface area contributed by atoms with Crippen LogP contribution in [0, 0.1) is 0 Å². The Hall–Kier alpha value is -6.58. The third-order valence-electron chi connectivity index (χ3n) is 8.76. The Labute approximate surface area is 371 Å². The van der Waals surface area contributed by atoms with E-state index in [-0.39, 0.29) is 99.5 Å². The molecule has 0 amide bonds. The average molecular weight is 915 g/mol. The molecule has 0 atom stereocenters. The van der Waals surface area contributed by atoms with Gasteiger partial charge in [-0.1, -0.05) is 60.7 Å². The van der Waals surface area contributed by atoms with Crippen LogP contribution in [-0.2, 0) is 19.5 Å². The highest BCUT2D eigenvalue weighted by Gasteiger charge is 2.17. The van der Waals surface area contributed by atoms with Crippen molar-refractivity contribution in [1.29, 1.82) is 0 Å². The van der Waals surface area contributed by atoms with E-state index in [9.17, 15) is 38.7 Å². The minimum Gasteiger partial charge on any atom is -0.744 e. The lowest BCUT2D eigenvalue weighted by Gasteiger charge is -2.21. The fourth-order valence-corrected chi connectivity index (χ4v) is 7.12. The van der Waals surface area contributed by atoms with Crippen molar-refractivity contribution in [2.45, 2.75) is 9.79 Å². The van der Waals surface area contributed by atoms with Crippen LogP contribution >= 0.6 is 12.0 Å². The lowest BCUT2D eigenvalue weighted by atomic mass is 10.1. The van der Waals surface area contributed by atoms with Gasteiger partial charge in [-0.15, -0.1) is 0 Å². The highest BCUT2D eigenvalue weighted by Crippen LogP contribution is 2.32. The molecule has 6 rings (SSSR count). The maximum atomic E-state index is 12.7. The molecule has 6 aromatic rings. The summed E-state index contributed by atoms with van der Waals surface area (Å²) in [6, 6.07) is 27.0. The zero-order valence-electron chi connectivity index (χ0n) is 33.7. The Bertz CT molecular complexity index is 2570. The molecule has 0 fully saturated rings. The molecule has 336 valence electrons. The molecule has 4 aromatic carbocycles. The van der Waals surface area contributed by atoms with Gasteiger partial charge in [0.15, 0.2) is 0 Å². The largest absolute Gasteiger partial charge is 0.744 e. The summed E-state index contributed by atoms with van der Waals surface area (Å²) in [4.78, 5) is 29.5. The first-order valence-corrected chi connectivity index (χ1v) is 21.4. The van der Waals surface area contributed by atoms with E-state index in [1.807, 2.05) is 36.4 Å². The number of aliphatic hydroxyl groups excluding tert-OH is 4. The minimum absolute atomic E-state index is 0.0194. The predicted octanol–water partition coefficient (Wildman–Crippen LogP) is 2.92. The number of benzene rings is 4. The van der Waals surface area contributed by atoms with E-state index < -0.39 is 15.0 Å². The van der Waals surface area contributed by atoms with Gasteiger partial charge in [-0.2, -0.15) is 34.2 Å². The van der Waals surface area contributed by atoms with E-state index >= 15 is 0 Å². The zero-order valence-corrected chi connectivity index (χ0v) is 35.3. The van der Waals surface area contributed by atoms with Gasteiger partial charge in [0, 0.05) is 53.8 Å². The Balaban J connectivity index is 1.29. The number of nitrogens with zero attached hydrogens (tertiary/aromatic N) is 8. The number of aromatic nitrogens is 6. The Morgan fingerprint density at radius 2 is 0.969 bits per heavy atom. The molecule has 22 nitrogen and oxygen atoms in total. The fraction of sp³-hybridized carbons (Fsp3) is 0.200. The SMILES string of the molecule is O=S(=O)([O-])c1cc(Nc2nc(Nc3ccccc3)nc(N(CCO)CCO)n2)ccc1C=Cc1ccc(Nc2nc(Nc3ccccc3)nc(N(CCO)CCO)n2)cc1SOO[O-]. The summed E-state index contributed by atoms with van der Waals surface area (Å²) in [6.07, 6.45) is 2.89. The molecule has 2 aromatic heterocycles. The van der Waals surface area contributed by atoms with Crippen molar-refractivity contribution in [1.82, 2.24) is 29.9 Å². The highest BCUT2D eigenvalue weighted by molar-refractivity contribution is 7.94. The Morgan fingerprint density at radius 3 is 1.39 bits per heavy atom. The Kier molecular flexibility index (Phi) is 17.0. The second-order valence-electron chi connectivity index (χ2n) is 13.2. The number of hydrogen-bond donors (Lipinski definition) is 8. The molecule has 0 aliphatic rings. The molecule has 0 aliphatic heterocycles. The van der Waals surface area contributed by atoms with E-state index in [2.05, 4.69) is 60.5 Å². The van der Waals surface area contributed by atoms with Crippen LogP contribution in [0.2, 0.25) is 0 Å². The summed E-state index contributed by atoms with van der Waals surface area (Å²) in [5.41, 5.74) is 2.32. The lowest BCUT2D eigenvalue weighted by molar-refractivity contribution is -0.777. The second-order valence-corrected chi connectivity index (χ2v) is 15.3. The van der Waals surface area contributed by atoms with Gasteiger partial charge in [0.25, 0.3) is 0 Å². The summed E-state index contributed by atoms with van der Waals surface area (Å²) in [5, 5.41) is 65.2. The van der Waals surface area contributed by atoms with Crippen LogP contribution < -0.4 is 36.3 Å². The number of anilines is 10. The quantitative estimate of drug-likeness (QED) is 0.0142. The van der Waals surface area contributed by atoms with E-state index in [1.165, 1.54) is 29.2 Å². The molecule has 0 saturated carbocycles. The van der Waals surface area contributed by atoms with Crippen molar-refractivity contribution in [2.75, 3.05) is 83.7 Å². The number of para-hydroxylation sites is 2. The average Bonchev–Trinajstić information content (AvgIpc) is 3.28. The predicted molar refractivity (Wildman–Crippen MR) is 236 cm³/mol. The van der Waals surface area contributed by atoms with Gasteiger partial charge >= 0.3 is 0 Å². The van der Waals surface area contributed by atoms with Gasteiger partial charge in [0.05, 0.1) is 43.4 Å². The molecule has 0 spiro atoms. The monoisotopic (exact) mass is 914 g/mol. The molecule has 8 N–H and O–H groups in total. The maximum absolute atomic E-state index is 12.7. The molecule has 0 unspecified atom stereocenters. The van der Waals surface area contributed by atoms with Gasteiger partial charge < -0.3 is 61.3 Å². The van der Waals surface area contributed by atoms with Crippen LogP contribution in [0.3, 0.4) is 0 Å². The van der Waals surface area contributed by atoms with Crippen LogP contribution in [0.25, 0.3) is 12.2 Å². The third-order valence-corrected chi connectivity index (χ3v) is 10.3. The number of nitrogens with one attached hydrogen (secondary N) is 4. The molecule has 64 heavy (non-hydrogen) atoms. The number of rotatable bonds is 24. The summed E-state index contributed by atoms with van der Waals surface area (Å²) < 4.78 is 42.6. The maximum Gasteiger partial charge on any atom is 0.233 e. The lowest BCUT2D eigenvalue weighted by Crippen LogP contribution is -2.31. The van der Waals surface area contributed by atoms with Gasteiger partial charge in [0.1, 0.15) is 10.1 Å². The third kappa shape index (κ3) is 13.5. The van der Waals surface area contributed by atoms with Gasteiger partial charge in [0.2, 0.25) is 35.7 Å². The van der Waals surface area contributed by atoms with Crippen molar-refractivity contribution in [3.05, 3.63) is 108 Å². The Morgan fingerprint density at radius 1 is 0.562 bits per heavy atom. The molecule has 0 bridgehead atoms. The van der Waals surface area contributed by atoms with Crippen LogP contribution in [-0.4, -0.2) is 116 Å². The molecular weight excluding hydrogens is 873 g/mol. The highest BCUT2D eigenvalue weighted by atomic mass is 32.2. The second kappa shape index (κ2) is 23.2. The molecule has 0 aliphatic carbocycles. The summed E-state index contributed by atoms with van der Waals surface area (Å²) in [7, 11) is -5.07. The van der Waals surface area contributed by atoms with Gasteiger partial charge in [-0.25, -0.2) is 8.42 Å². The van der Waals surface area contributed by atoms with Gasteiger partial charge in [-0.3, -0.25) is 5.04 Å². The summed E-state index contributed by atoms with van der Waals surface area (Å²) in [5.74, 6) is 0.556. The van der Waals surface area contributed by atoms with Crippen molar-refractivity contribution >= 4 is 92.8 Å². The van der Waals surface area contributed by atoms with Crippen LogP contribution in [0.5, 0.6) is 0 Å². The summed E-state index contributed by atoms with van der Waals surface area (Å²) in [6.45, 7) is -0.543. The van der Waals surface area contributed by atoms with Crippen molar-refractivity contribution in [3.63, 3.8) is 0 Å². The first kappa shape index (κ1) is 46.9. The smallest absolute Gasteiger partial charge is 0.233 e. The summed E-state index contributed by atoms with van der Waals surface area (Å²) >= 11 is 0.556. The standard InChI is InChI=1S/C40H44N12O10S2/c53-21-17-51(18-22-54)39-47-35(41-29-7-3-1-4-8-29)45-37(49-39)43-31-15-13-27(33(25-31)63-62-61-57)11-12-28-14-16-32(26-34(28)64(58,59)60)44-38-46-36(42-30-9-5-2-6-10-30)48-40(50-38)52(19-23-55)20-24-56/h1-16,25-26,53-57H,17-24H2,(H,58,59,60)(H2,41,43,45,47,49)(H2,42,44,46,48,50)/p-2. The zero-order chi connectivity index (χ0) is 45.3. The molecule has 0 saturated heterocycles. The first-order valence-electron chi connectivity index (χ1n) is 19.3. The topological polar surface area (TPSA) is 312 Å². The van der Waals surface area contributed by atoms with E-state index in [0.717, 1.165) is 6.07 Å². The van der Waals surface area contributed by atoms with E-state index in [0.29, 0.717) is 39.6 Å². The van der Waals surface area contributed by atoms with Crippen molar-refractivity contribution in [2.24, 2.45) is 0 Å². The number of aliphatic hydroxyl groups is 4. The van der Waals surface area contributed by atoms with E-state index in [1.54, 1.807) is 47.4 Å². The molecule has 2 heterocycles. The van der Waals surface area contributed by atoms with Crippen LogP contribution in [0.15, 0.2) is 107 Å². The van der Waals surface area contributed by atoms with Crippen molar-refractivity contribution < 1.29 is 48.0 Å². The fourth-order valence-electron chi connectivity index (χ4n) is 5.92. The number of hydrogen-bond acceptors (Lipinski definition) is 23. The molecule has 24 heteroatoms.